The highest BCUT2D eigenvalue weighted by Crippen LogP contribution is 2.28. The Morgan fingerprint density at radius 2 is 1.81 bits per heavy atom. The smallest absolute Gasteiger partial charge is 0.253 e. The number of sulfonamides is 1. The minimum atomic E-state index is -3.68. The van der Waals surface area contributed by atoms with Crippen LogP contribution < -0.4 is 4.90 Å². The first-order valence-corrected chi connectivity index (χ1v) is 11.5. The molecule has 0 aliphatic carbocycles. The second kappa shape index (κ2) is 8.47. The number of quaternary nitrogens is 1. The minimum absolute atomic E-state index is 0.0399. The number of nitrogens with zero attached hydrogens (tertiary/aromatic N) is 2. The Balaban J connectivity index is 1.83. The highest BCUT2D eigenvalue weighted by Gasteiger charge is 2.31. The third-order valence-electron chi connectivity index (χ3n) is 5.79. The lowest BCUT2D eigenvalue weighted by atomic mass is 10.0. The Labute approximate surface area is 167 Å². The van der Waals surface area contributed by atoms with E-state index in [9.17, 15) is 13.2 Å². The van der Waals surface area contributed by atoms with Crippen molar-refractivity contribution in [1.82, 2.24) is 9.21 Å². The van der Waals surface area contributed by atoms with Gasteiger partial charge in [0.2, 0.25) is 10.0 Å². The molecule has 3 rings (SSSR count). The molecule has 1 aromatic carbocycles. The molecule has 0 aromatic heterocycles. The lowest BCUT2D eigenvalue weighted by molar-refractivity contribution is -0.885. The van der Waals surface area contributed by atoms with Crippen LogP contribution in [-0.2, 0) is 10.0 Å². The van der Waals surface area contributed by atoms with E-state index in [0.717, 1.165) is 45.2 Å². The first-order chi connectivity index (χ1) is 12.8. The summed E-state index contributed by atoms with van der Waals surface area (Å²) in [5.74, 6) is -0.147. The molecule has 0 bridgehead atoms. The van der Waals surface area contributed by atoms with Crippen LogP contribution in [-0.4, -0.2) is 69.8 Å². The number of hydrogen-bond acceptors (Lipinski definition) is 3. The number of carbonyl (C=O) groups is 1. The number of rotatable bonds is 4. The zero-order chi connectivity index (χ0) is 19.6. The van der Waals surface area contributed by atoms with Gasteiger partial charge in [-0.3, -0.25) is 4.79 Å². The van der Waals surface area contributed by atoms with E-state index in [1.807, 2.05) is 0 Å². The second-order valence-electron chi connectivity index (χ2n) is 7.71. The maximum absolute atomic E-state index is 13.0. The van der Waals surface area contributed by atoms with E-state index in [4.69, 9.17) is 11.6 Å². The number of halogens is 1. The molecular formula is C19H29ClN3O3S+. The molecule has 0 spiro atoms. The fourth-order valence-corrected chi connectivity index (χ4v) is 5.95. The van der Waals surface area contributed by atoms with Gasteiger partial charge in [0, 0.05) is 44.6 Å². The van der Waals surface area contributed by atoms with Gasteiger partial charge in [-0.1, -0.05) is 18.0 Å². The predicted molar refractivity (Wildman–Crippen MR) is 106 cm³/mol. The van der Waals surface area contributed by atoms with Crippen molar-refractivity contribution in [3.8, 4) is 0 Å². The van der Waals surface area contributed by atoms with Crippen molar-refractivity contribution >= 4 is 27.5 Å². The molecule has 8 heteroatoms. The number of hydrogen-bond donors (Lipinski definition) is 1. The van der Waals surface area contributed by atoms with Gasteiger partial charge in [-0.15, -0.1) is 0 Å². The number of amides is 1. The Kier molecular flexibility index (Phi) is 6.46. The van der Waals surface area contributed by atoms with Crippen molar-refractivity contribution < 1.29 is 18.1 Å². The van der Waals surface area contributed by atoms with Gasteiger partial charge >= 0.3 is 0 Å². The van der Waals surface area contributed by atoms with Crippen LogP contribution in [0.1, 0.15) is 42.5 Å². The molecule has 0 unspecified atom stereocenters. The Bertz CT molecular complexity index is 785. The van der Waals surface area contributed by atoms with E-state index >= 15 is 0 Å². The SMILES string of the molecule is CN(C(=O)c1ccc(Cl)c(S(=O)(=O)N2CCCCC2)c1)C1CC[NH+](C)CC1. The highest BCUT2D eigenvalue weighted by molar-refractivity contribution is 7.89. The van der Waals surface area contributed by atoms with E-state index in [2.05, 4.69) is 7.05 Å². The summed E-state index contributed by atoms with van der Waals surface area (Å²) in [5.41, 5.74) is 0.378. The summed E-state index contributed by atoms with van der Waals surface area (Å²) in [6, 6.07) is 4.79. The third kappa shape index (κ3) is 4.47. The number of piperidine rings is 2. The minimum Gasteiger partial charge on any atom is -0.338 e. The van der Waals surface area contributed by atoms with Gasteiger partial charge in [0.05, 0.1) is 25.2 Å². The molecule has 2 saturated heterocycles. The van der Waals surface area contributed by atoms with Gasteiger partial charge < -0.3 is 9.80 Å². The van der Waals surface area contributed by atoms with Crippen LogP contribution in [0.4, 0.5) is 0 Å². The molecule has 150 valence electrons. The van der Waals surface area contributed by atoms with Crippen LogP contribution in [0.2, 0.25) is 5.02 Å². The number of carbonyl (C=O) groups excluding carboxylic acids is 1. The standard InChI is InChI=1S/C19H28ClN3O3S/c1-21-12-8-16(9-13-21)22(2)19(24)15-6-7-17(20)18(14-15)27(25,26)23-10-4-3-5-11-23/h6-7,14,16H,3-5,8-13H2,1-2H3/p+1. The normalized spacial score (nSPS) is 24.6. The van der Waals surface area contributed by atoms with Crippen molar-refractivity contribution in [3.05, 3.63) is 28.8 Å². The number of nitrogens with one attached hydrogen (secondary N) is 1. The quantitative estimate of drug-likeness (QED) is 0.806. The Morgan fingerprint density at radius 3 is 2.44 bits per heavy atom. The maximum Gasteiger partial charge on any atom is 0.253 e. The molecule has 2 aliphatic rings. The fraction of sp³-hybridized carbons (Fsp3) is 0.632. The number of likely N-dealkylation sites (tertiary alicyclic amines) is 1. The van der Waals surface area contributed by atoms with E-state index in [0.29, 0.717) is 18.7 Å². The topological polar surface area (TPSA) is 62.1 Å². The van der Waals surface area contributed by atoms with Crippen molar-refractivity contribution in [2.45, 2.75) is 43.0 Å². The molecule has 2 heterocycles. The maximum atomic E-state index is 13.0. The Hall–Kier alpha value is -1.15. The van der Waals surface area contributed by atoms with Gasteiger partial charge in [-0.05, 0) is 31.0 Å². The van der Waals surface area contributed by atoms with Crippen molar-refractivity contribution in [3.63, 3.8) is 0 Å². The first kappa shape index (κ1) is 20.6. The molecule has 0 atom stereocenters. The summed E-state index contributed by atoms with van der Waals surface area (Å²) in [6.45, 7) is 3.10. The van der Waals surface area contributed by atoms with E-state index in [1.54, 1.807) is 18.0 Å². The zero-order valence-corrected chi connectivity index (χ0v) is 17.7. The largest absolute Gasteiger partial charge is 0.338 e. The summed E-state index contributed by atoms with van der Waals surface area (Å²) in [5, 5.41) is 0.169. The summed E-state index contributed by atoms with van der Waals surface area (Å²) < 4.78 is 27.5. The fourth-order valence-electron chi connectivity index (χ4n) is 3.93. The summed E-state index contributed by atoms with van der Waals surface area (Å²) in [7, 11) is 0.289. The van der Waals surface area contributed by atoms with Crippen LogP contribution in [0.15, 0.2) is 23.1 Å². The molecule has 1 aromatic rings. The average Bonchev–Trinajstić information content (AvgIpc) is 2.68. The molecule has 6 nitrogen and oxygen atoms in total. The monoisotopic (exact) mass is 414 g/mol. The van der Waals surface area contributed by atoms with Gasteiger partial charge in [0.15, 0.2) is 0 Å². The molecule has 2 fully saturated rings. The van der Waals surface area contributed by atoms with Gasteiger partial charge in [0.25, 0.3) is 5.91 Å². The van der Waals surface area contributed by atoms with Crippen LogP contribution >= 0.6 is 11.6 Å². The lowest BCUT2D eigenvalue weighted by Crippen LogP contribution is -3.10. The van der Waals surface area contributed by atoms with Gasteiger partial charge in [-0.25, -0.2) is 8.42 Å². The molecule has 1 N–H and O–H groups in total. The predicted octanol–water partition coefficient (Wildman–Crippen LogP) is 1.26. The van der Waals surface area contributed by atoms with Crippen molar-refractivity contribution in [2.75, 3.05) is 40.3 Å². The molecule has 27 heavy (non-hydrogen) atoms. The van der Waals surface area contributed by atoms with Crippen LogP contribution in [0.5, 0.6) is 0 Å². The molecule has 2 aliphatic heterocycles. The highest BCUT2D eigenvalue weighted by atomic mass is 35.5. The summed E-state index contributed by atoms with van der Waals surface area (Å²) >= 11 is 6.22. The van der Waals surface area contributed by atoms with Crippen LogP contribution in [0, 0.1) is 0 Å². The third-order valence-corrected chi connectivity index (χ3v) is 8.17. The molecule has 1 amide bonds. The molecule has 0 radical (unpaired) electrons. The first-order valence-electron chi connectivity index (χ1n) is 9.69. The van der Waals surface area contributed by atoms with E-state index in [-0.39, 0.29) is 21.9 Å². The second-order valence-corrected chi connectivity index (χ2v) is 10.0. The van der Waals surface area contributed by atoms with Crippen molar-refractivity contribution in [2.24, 2.45) is 0 Å². The van der Waals surface area contributed by atoms with Crippen LogP contribution in [0.3, 0.4) is 0 Å². The van der Waals surface area contributed by atoms with Gasteiger partial charge in [-0.2, -0.15) is 4.31 Å². The summed E-state index contributed by atoms with van der Waals surface area (Å²) in [4.78, 5) is 16.2. The average molecular weight is 415 g/mol. The van der Waals surface area contributed by atoms with Gasteiger partial charge in [0.1, 0.15) is 4.90 Å². The summed E-state index contributed by atoms with van der Waals surface area (Å²) in [6.07, 6.45) is 4.68. The zero-order valence-electron chi connectivity index (χ0n) is 16.1. The molecular weight excluding hydrogens is 386 g/mol. The van der Waals surface area contributed by atoms with E-state index in [1.165, 1.54) is 21.3 Å². The molecule has 0 saturated carbocycles. The number of benzene rings is 1. The Morgan fingerprint density at radius 1 is 1.19 bits per heavy atom. The lowest BCUT2D eigenvalue weighted by Gasteiger charge is -2.33. The van der Waals surface area contributed by atoms with E-state index < -0.39 is 10.0 Å². The van der Waals surface area contributed by atoms with Crippen molar-refractivity contribution in [1.29, 1.82) is 0 Å². The van der Waals surface area contributed by atoms with Crippen LogP contribution in [0.25, 0.3) is 0 Å².